The summed E-state index contributed by atoms with van der Waals surface area (Å²) in [5, 5.41) is 0.411. The Balaban J connectivity index is 2.37. The molecule has 1 fully saturated rings. The van der Waals surface area contributed by atoms with Crippen molar-refractivity contribution in [2.75, 3.05) is 14.1 Å². The van der Waals surface area contributed by atoms with Crippen LogP contribution in [0.1, 0.15) is 37.3 Å². The molecule has 1 saturated carbocycles. The molecule has 100 valence electrons. The molecular weight excluding hydrogens is 251 g/mol. The van der Waals surface area contributed by atoms with Gasteiger partial charge in [0.1, 0.15) is 5.82 Å². The van der Waals surface area contributed by atoms with Crippen LogP contribution in [-0.4, -0.2) is 24.5 Å². The number of halogens is 2. The van der Waals surface area contributed by atoms with Gasteiger partial charge in [0.25, 0.3) is 0 Å². The summed E-state index contributed by atoms with van der Waals surface area (Å²) in [5.74, 6) is -0.303. The van der Waals surface area contributed by atoms with Crippen molar-refractivity contribution in [1.82, 2.24) is 4.90 Å². The highest BCUT2D eigenvalue weighted by Crippen LogP contribution is 2.42. The van der Waals surface area contributed by atoms with Crippen molar-refractivity contribution in [2.24, 2.45) is 5.73 Å². The van der Waals surface area contributed by atoms with Gasteiger partial charge in [-0.25, -0.2) is 4.39 Å². The van der Waals surface area contributed by atoms with Crippen LogP contribution in [0.4, 0.5) is 4.39 Å². The molecule has 2 N–H and O–H groups in total. The number of benzene rings is 1. The summed E-state index contributed by atoms with van der Waals surface area (Å²) in [6.07, 6.45) is 4.34. The summed E-state index contributed by atoms with van der Waals surface area (Å²) in [5.41, 5.74) is 6.80. The maximum absolute atomic E-state index is 14.0. The fourth-order valence-electron chi connectivity index (χ4n) is 3.07. The van der Waals surface area contributed by atoms with Crippen molar-refractivity contribution < 1.29 is 4.39 Å². The Bertz CT molecular complexity index is 428. The summed E-state index contributed by atoms with van der Waals surface area (Å²) in [7, 11) is 4.05. The second-order valence-corrected chi connectivity index (χ2v) is 5.79. The average molecular weight is 271 g/mol. The van der Waals surface area contributed by atoms with Crippen LogP contribution in [0.5, 0.6) is 0 Å². The zero-order valence-corrected chi connectivity index (χ0v) is 11.7. The fraction of sp³-hybridized carbons (Fsp3) is 0.571. The van der Waals surface area contributed by atoms with E-state index in [0.717, 1.165) is 25.7 Å². The van der Waals surface area contributed by atoms with E-state index < -0.39 is 0 Å². The highest BCUT2D eigenvalue weighted by atomic mass is 35.5. The number of nitrogens with two attached hydrogens (primary N) is 1. The second kappa shape index (κ2) is 5.16. The Morgan fingerprint density at radius 3 is 2.44 bits per heavy atom. The van der Waals surface area contributed by atoms with Crippen molar-refractivity contribution >= 4 is 11.6 Å². The zero-order valence-electron chi connectivity index (χ0n) is 10.9. The van der Waals surface area contributed by atoms with E-state index in [1.807, 2.05) is 14.1 Å². The predicted molar refractivity (Wildman–Crippen MR) is 73.2 cm³/mol. The summed E-state index contributed by atoms with van der Waals surface area (Å²) in [4.78, 5) is 2.15. The molecular formula is C14H20ClFN2. The van der Waals surface area contributed by atoms with Gasteiger partial charge >= 0.3 is 0 Å². The number of nitrogens with zero attached hydrogens (tertiary/aromatic N) is 1. The van der Waals surface area contributed by atoms with Gasteiger partial charge in [-0.2, -0.15) is 0 Å². The molecule has 0 aliphatic heterocycles. The lowest BCUT2D eigenvalue weighted by atomic mass is 9.83. The minimum atomic E-state index is -0.313. The minimum Gasteiger partial charge on any atom is -0.322 e. The molecule has 1 aromatic rings. The lowest BCUT2D eigenvalue weighted by molar-refractivity contribution is 0.121. The van der Waals surface area contributed by atoms with Gasteiger partial charge in [0, 0.05) is 16.1 Å². The van der Waals surface area contributed by atoms with Crippen LogP contribution in [0.3, 0.4) is 0 Å². The van der Waals surface area contributed by atoms with Crippen LogP contribution in [0.2, 0.25) is 5.02 Å². The largest absolute Gasteiger partial charge is 0.322 e. The molecule has 1 aromatic carbocycles. The van der Waals surface area contributed by atoms with Gasteiger partial charge in [0.05, 0.1) is 6.04 Å². The molecule has 0 amide bonds. The Hall–Kier alpha value is -0.640. The molecule has 0 aromatic heterocycles. The number of rotatable bonds is 3. The molecule has 0 heterocycles. The van der Waals surface area contributed by atoms with Crippen LogP contribution in [0.15, 0.2) is 18.2 Å². The standard InChI is InChI=1S/C14H20ClFN2/c1-18(2)14(7-3-4-8-14)13(17)11-6-5-10(15)9-12(11)16/h5-6,9,13H,3-4,7-8,17H2,1-2H3. The topological polar surface area (TPSA) is 29.3 Å². The molecule has 2 nitrogen and oxygen atoms in total. The van der Waals surface area contributed by atoms with Crippen LogP contribution in [-0.2, 0) is 0 Å². The first kappa shape index (κ1) is 13.8. The van der Waals surface area contributed by atoms with Crippen molar-refractivity contribution in [3.05, 3.63) is 34.6 Å². The summed E-state index contributed by atoms with van der Waals surface area (Å²) in [6.45, 7) is 0. The van der Waals surface area contributed by atoms with E-state index in [0.29, 0.717) is 10.6 Å². The lowest BCUT2D eigenvalue weighted by Crippen LogP contribution is -2.50. The number of hydrogen-bond acceptors (Lipinski definition) is 2. The third-order valence-electron chi connectivity index (χ3n) is 4.24. The Kier molecular flexibility index (Phi) is 3.95. The third kappa shape index (κ3) is 2.27. The predicted octanol–water partition coefficient (Wildman–Crippen LogP) is 3.35. The monoisotopic (exact) mass is 270 g/mol. The number of likely N-dealkylation sites (N-methyl/N-ethyl adjacent to an activating group) is 1. The summed E-state index contributed by atoms with van der Waals surface area (Å²) in [6, 6.07) is 4.45. The molecule has 2 rings (SSSR count). The van der Waals surface area contributed by atoms with Gasteiger partial charge in [0.15, 0.2) is 0 Å². The summed E-state index contributed by atoms with van der Waals surface area (Å²) < 4.78 is 14.0. The summed E-state index contributed by atoms with van der Waals surface area (Å²) >= 11 is 5.79. The van der Waals surface area contributed by atoms with E-state index in [4.69, 9.17) is 17.3 Å². The van der Waals surface area contributed by atoms with E-state index in [2.05, 4.69) is 4.90 Å². The first-order valence-corrected chi connectivity index (χ1v) is 6.73. The van der Waals surface area contributed by atoms with E-state index in [1.165, 1.54) is 6.07 Å². The van der Waals surface area contributed by atoms with Crippen LogP contribution >= 0.6 is 11.6 Å². The first-order chi connectivity index (χ1) is 8.47. The van der Waals surface area contributed by atoms with E-state index in [1.54, 1.807) is 12.1 Å². The SMILES string of the molecule is CN(C)C1(C(N)c2ccc(Cl)cc2F)CCCC1. The first-order valence-electron chi connectivity index (χ1n) is 6.35. The molecule has 0 spiro atoms. The Morgan fingerprint density at radius 2 is 1.94 bits per heavy atom. The Morgan fingerprint density at radius 1 is 1.33 bits per heavy atom. The average Bonchev–Trinajstić information content (AvgIpc) is 2.78. The maximum atomic E-state index is 14.0. The number of hydrogen-bond donors (Lipinski definition) is 1. The normalized spacial score (nSPS) is 20.3. The molecule has 1 unspecified atom stereocenters. The van der Waals surface area contributed by atoms with E-state index >= 15 is 0 Å². The van der Waals surface area contributed by atoms with E-state index in [-0.39, 0.29) is 17.4 Å². The van der Waals surface area contributed by atoms with Gasteiger partial charge in [0.2, 0.25) is 0 Å². The van der Waals surface area contributed by atoms with Crippen LogP contribution < -0.4 is 5.73 Å². The molecule has 4 heteroatoms. The van der Waals surface area contributed by atoms with Crippen LogP contribution in [0.25, 0.3) is 0 Å². The molecule has 0 saturated heterocycles. The van der Waals surface area contributed by atoms with Gasteiger partial charge in [-0.1, -0.05) is 30.5 Å². The van der Waals surface area contributed by atoms with Crippen molar-refractivity contribution in [1.29, 1.82) is 0 Å². The second-order valence-electron chi connectivity index (χ2n) is 5.35. The fourth-order valence-corrected chi connectivity index (χ4v) is 3.23. The van der Waals surface area contributed by atoms with Gasteiger partial charge < -0.3 is 10.6 Å². The molecule has 0 radical (unpaired) electrons. The maximum Gasteiger partial charge on any atom is 0.129 e. The van der Waals surface area contributed by atoms with E-state index in [9.17, 15) is 4.39 Å². The lowest BCUT2D eigenvalue weighted by Gasteiger charge is -2.41. The van der Waals surface area contributed by atoms with Crippen molar-refractivity contribution in [3.8, 4) is 0 Å². The molecule has 18 heavy (non-hydrogen) atoms. The van der Waals surface area contributed by atoms with Crippen molar-refractivity contribution in [2.45, 2.75) is 37.3 Å². The van der Waals surface area contributed by atoms with Gasteiger partial charge in [-0.05, 0) is 39.1 Å². The molecule has 1 atom stereocenters. The van der Waals surface area contributed by atoms with Gasteiger partial charge in [-0.3, -0.25) is 0 Å². The quantitative estimate of drug-likeness (QED) is 0.913. The molecule has 0 bridgehead atoms. The van der Waals surface area contributed by atoms with Crippen molar-refractivity contribution in [3.63, 3.8) is 0 Å². The zero-order chi connectivity index (χ0) is 13.3. The highest BCUT2D eigenvalue weighted by molar-refractivity contribution is 6.30. The highest BCUT2D eigenvalue weighted by Gasteiger charge is 2.42. The Labute approximate surface area is 113 Å². The van der Waals surface area contributed by atoms with Crippen LogP contribution in [0, 0.1) is 5.82 Å². The third-order valence-corrected chi connectivity index (χ3v) is 4.47. The van der Waals surface area contributed by atoms with Gasteiger partial charge in [-0.15, -0.1) is 0 Å². The minimum absolute atomic E-state index is 0.130. The molecule has 1 aliphatic rings. The molecule has 1 aliphatic carbocycles. The smallest absolute Gasteiger partial charge is 0.129 e.